The molecule has 0 aromatic heterocycles. The Morgan fingerprint density at radius 1 is 0.579 bits per heavy atom. The molecule has 0 saturated carbocycles. The van der Waals surface area contributed by atoms with Crippen molar-refractivity contribution < 1.29 is 63.1 Å². The highest BCUT2D eigenvalue weighted by Gasteiger charge is 2.37. The summed E-state index contributed by atoms with van der Waals surface area (Å²) in [6.07, 6.45) is 4.63. The zero-order chi connectivity index (χ0) is 55.1. The number of esters is 2. The van der Waals surface area contributed by atoms with E-state index in [0.29, 0.717) is 13.1 Å². The van der Waals surface area contributed by atoms with E-state index in [2.05, 4.69) is 56.9 Å². The van der Waals surface area contributed by atoms with Crippen molar-refractivity contribution in [1.82, 2.24) is 10.2 Å². The minimum atomic E-state index is -1.27. The van der Waals surface area contributed by atoms with Crippen LogP contribution < -0.4 is 24.9 Å². The van der Waals surface area contributed by atoms with Gasteiger partial charge in [-0.1, -0.05) is 79.4 Å². The molecular weight excluding hydrogens is 979 g/mol. The summed E-state index contributed by atoms with van der Waals surface area (Å²) in [5, 5.41) is 36.8. The molecule has 5 saturated heterocycles. The van der Waals surface area contributed by atoms with Gasteiger partial charge in [-0.2, -0.15) is 5.26 Å². The van der Waals surface area contributed by atoms with Gasteiger partial charge >= 0.3 is 29.8 Å². The van der Waals surface area contributed by atoms with E-state index in [-0.39, 0.29) is 78.4 Å². The van der Waals surface area contributed by atoms with Crippen molar-refractivity contribution in [2.45, 2.75) is 44.6 Å². The van der Waals surface area contributed by atoms with E-state index in [1.54, 1.807) is 9.80 Å². The van der Waals surface area contributed by atoms with Gasteiger partial charge in [0.15, 0.2) is 6.19 Å². The number of rotatable bonds is 12. The van der Waals surface area contributed by atoms with Gasteiger partial charge in [0.25, 0.3) is 0 Å². The molecule has 9 rings (SSSR count). The highest BCUT2D eigenvalue weighted by atomic mass is 16.5. The average molecular weight is 1040 g/mol. The van der Waals surface area contributed by atoms with E-state index in [9.17, 15) is 38.4 Å². The van der Waals surface area contributed by atoms with Crippen LogP contribution in [-0.2, 0) is 47.8 Å². The van der Waals surface area contributed by atoms with Gasteiger partial charge in [0.05, 0.1) is 44.3 Å². The second-order valence-electron chi connectivity index (χ2n) is 18.4. The second-order valence-corrected chi connectivity index (χ2v) is 18.4. The molecule has 5 fully saturated rings. The summed E-state index contributed by atoms with van der Waals surface area (Å²) >= 11 is 0. The van der Waals surface area contributed by atoms with Crippen molar-refractivity contribution in [3.63, 3.8) is 0 Å². The molecule has 4 aromatic rings. The topological polar surface area (TPSA) is 268 Å². The number of carboxylic acids is 3. The summed E-state index contributed by atoms with van der Waals surface area (Å²) in [5.41, 5.74) is 3.67. The molecule has 20 heteroatoms. The van der Waals surface area contributed by atoms with Crippen molar-refractivity contribution in [2.75, 3.05) is 86.2 Å². The van der Waals surface area contributed by atoms with Gasteiger partial charge < -0.3 is 54.6 Å². The third kappa shape index (κ3) is 17.5. The second kappa shape index (κ2) is 29.2. The van der Waals surface area contributed by atoms with Crippen LogP contribution in [0.3, 0.4) is 0 Å². The Hall–Kier alpha value is -8.73. The Morgan fingerprint density at radius 2 is 1.00 bits per heavy atom. The highest BCUT2D eigenvalue weighted by Crippen LogP contribution is 2.28. The summed E-state index contributed by atoms with van der Waals surface area (Å²) in [7, 11) is 2.80. The molecule has 20 nitrogen and oxygen atoms in total. The van der Waals surface area contributed by atoms with Crippen molar-refractivity contribution in [3.05, 3.63) is 133 Å². The first kappa shape index (κ1) is 58.2. The Kier molecular flexibility index (Phi) is 22.4. The minimum Gasteiger partial charge on any atom is -0.481 e. The molecule has 0 bridgehead atoms. The molecule has 0 aliphatic carbocycles. The van der Waals surface area contributed by atoms with Gasteiger partial charge in [0.1, 0.15) is 0 Å². The Bertz CT molecular complexity index is 2650. The van der Waals surface area contributed by atoms with Crippen LogP contribution in [0, 0.1) is 35.1 Å². The van der Waals surface area contributed by atoms with E-state index in [1.807, 2.05) is 97.1 Å². The van der Waals surface area contributed by atoms with Crippen molar-refractivity contribution in [3.8, 4) is 6.19 Å². The average Bonchev–Trinajstić information content (AvgIpc) is 4.32. The number of likely N-dealkylation sites (tertiary alicyclic amines) is 1. The molecule has 5 heterocycles. The van der Waals surface area contributed by atoms with E-state index in [0.717, 1.165) is 63.4 Å². The normalized spacial score (nSPS) is 20.2. The highest BCUT2D eigenvalue weighted by molar-refractivity contribution is 6.00. The van der Waals surface area contributed by atoms with E-state index in [1.165, 1.54) is 30.5 Å². The number of nitrogens with zero attached hydrogens (tertiary/aromatic N) is 6. The molecule has 5 aliphatic heterocycles. The fourth-order valence-electron chi connectivity index (χ4n) is 9.01. The minimum absolute atomic E-state index is 0.0263. The summed E-state index contributed by atoms with van der Waals surface area (Å²) in [6.45, 7) is 8.52. The standard InChI is InChI=1S/C16H20N4O.C12H13NO3.C12H15NO2.C11H11NO3.C5H6O4/c17-12-19-8-7-14(11-19)18-16(21)13-6-9-20(10-13)15-4-2-1-3-5-15;1-16-12(15)9-7-11(14)13(8-9)10-5-3-2-4-6-10;1-15-12(14)10-7-8-13(9-10)11-5-3-2-4-6-11;13-10-6-8(11(14)15)7-12(10)9-4-2-1-3-5-9;1-3(5(8)9)2-4(6)7/h1-5,13-14H,6-11H2,(H,18,21);2-6,9H,7-8H2,1H3;2-6,10H,7-9H2,1H3;1-5,8H,6-7H2,(H,14,15);1-2H2,(H,6,7)(H,8,9)/t13?,14-;;;;/m1..../s1. The van der Waals surface area contributed by atoms with Gasteiger partial charge in [-0.15, -0.1) is 0 Å². The summed E-state index contributed by atoms with van der Waals surface area (Å²) in [6, 6.07) is 39.0. The van der Waals surface area contributed by atoms with E-state index in [4.69, 9.17) is 25.3 Å². The smallest absolute Gasteiger partial charge is 0.331 e. The monoisotopic (exact) mass is 1040 g/mol. The largest absolute Gasteiger partial charge is 0.481 e. The first-order valence-corrected chi connectivity index (χ1v) is 24.8. The molecule has 5 aliphatic rings. The molecule has 4 N–H and O–H groups in total. The number of ether oxygens (including phenoxy) is 2. The first-order valence-electron chi connectivity index (χ1n) is 24.8. The van der Waals surface area contributed by atoms with Gasteiger partial charge in [0.2, 0.25) is 17.7 Å². The van der Waals surface area contributed by atoms with Crippen LogP contribution in [0.2, 0.25) is 0 Å². The lowest BCUT2D eigenvalue weighted by atomic mass is 10.1. The number of methoxy groups -OCH3 is 2. The number of amides is 3. The number of anilines is 4. The van der Waals surface area contributed by atoms with Crippen LogP contribution in [0.25, 0.3) is 0 Å². The van der Waals surface area contributed by atoms with E-state index < -0.39 is 30.2 Å². The predicted octanol–water partition coefficient (Wildman–Crippen LogP) is 5.31. The molecule has 4 aromatic carbocycles. The van der Waals surface area contributed by atoms with Gasteiger partial charge in [0, 0.05) is 99.6 Å². The maximum Gasteiger partial charge on any atom is 0.331 e. The van der Waals surface area contributed by atoms with Crippen LogP contribution in [0.5, 0.6) is 0 Å². The zero-order valence-electron chi connectivity index (χ0n) is 42.6. The number of hydrogen-bond acceptors (Lipinski definition) is 14. The third-order valence-electron chi connectivity index (χ3n) is 13.1. The SMILES string of the molecule is C=C(CC(=O)O)C(=O)O.COC(=O)C1CC(=O)N(c2ccccc2)C1.COC(=O)C1CCN(c2ccccc2)C1.N#CN1CC[C@@H](NC(=O)C2CCN(c3ccccc3)C2)C1.O=C(O)C1CC(=O)N(c2ccccc2)C1. The molecular formula is C56H65N7O13. The fraction of sp³-hybridized carbons (Fsp3) is 0.375. The van der Waals surface area contributed by atoms with Crippen LogP contribution in [0.1, 0.15) is 38.5 Å². The molecule has 402 valence electrons. The summed E-state index contributed by atoms with van der Waals surface area (Å²) in [5.74, 6) is -4.57. The predicted molar refractivity (Wildman–Crippen MR) is 282 cm³/mol. The lowest BCUT2D eigenvalue weighted by Gasteiger charge is -2.19. The van der Waals surface area contributed by atoms with Gasteiger partial charge in [-0.25, -0.2) is 4.79 Å². The Morgan fingerprint density at radius 3 is 1.39 bits per heavy atom. The number of nitriles is 1. The summed E-state index contributed by atoms with van der Waals surface area (Å²) < 4.78 is 9.40. The molecule has 4 unspecified atom stereocenters. The quantitative estimate of drug-likeness (QED) is 0.0796. The van der Waals surface area contributed by atoms with Crippen molar-refractivity contribution >= 4 is 70.3 Å². The lowest BCUT2D eigenvalue weighted by Crippen LogP contribution is -2.41. The van der Waals surface area contributed by atoms with Crippen LogP contribution in [0.15, 0.2) is 133 Å². The van der Waals surface area contributed by atoms with E-state index >= 15 is 0 Å². The number of hydrogen-bond donors (Lipinski definition) is 4. The number of carbonyl (C=O) groups excluding carboxylic acids is 5. The van der Waals surface area contributed by atoms with Gasteiger partial charge in [-0.3, -0.25) is 33.6 Å². The molecule has 5 atom stereocenters. The third-order valence-corrected chi connectivity index (χ3v) is 13.1. The summed E-state index contributed by atoms with van der Waals surface area (Å²) in [4.78, 5) is 98.0. The number of carboxylic acid groups (broad SMARTS) is 3. The maximum absolute atomic E-state index is 12.3. The zero-order valence-corrected chi connectivity index (χ0v) is 42.6. The maximum atomic E-state index is 12.3. The Balaban J connectivity index is 0.000000179. The number of aliphatic carboxylic acids is 3. The molecule has 0 spiro atoms. The molecule has 3 amide bonds. The molecule has 0 radical (unpaired) electrons. The van der Waals surface area contributed by atoms with Gasteiger partial charge in [-0.05, 0) is 67.8 Å². The van der Waals surface area contributed by atoms with Crippen LogP contribution in [-0.4, -0.2) is 140 Å². The molecule has 76 heavy (non-hydrogen) atoms. The number of benzene rings is 4. The van der Waals surface area contributed by atoms with Crippen molar-refractivity contribution in [1.29, 1.82) is 5.26 Å². The first-order chi connectivity index (χ1) is 36.5. The van der Waals surface area contributed by atoms with Crippen LogP contribution >= 0.6 is 0 Å². The number of nitrogens with one attached hydrogen (secondary N) is 1. The fourth-order valence-corrected chi connectivity index (χ4v) is 9.01. The van der Waals surface area contributed by atoms with Crippen LogP contribution in [0.4, 0.5) is 22.7 Å². The number of para-hydroxylation sites is 4. The Labute approximate surface area is 441 Å². The van der Waals surface area contributed by atoms with Crippen molar-refractivity contribution in [2.24, 2.45) is 23.7 Å². The number of carbonyl (C=O) groups is 8. The lowest BCUT2D eigenvalue weighted by molar-refractivity contribution is -0.145.